The van der Waals surface area contributed by atoms with Gasteiger partial charge in [0.15, 0.2) is 0 Å². The summed E-state index contributed by atoms with van der Waals surface area (Å²) >= 11 is 0. The molecule has 4 nitrogen and oxygen atoms in total. The quantitative estimate of drug-likeness (QED) is 0.728. The van der Waals surface area contributed by atoms with E-state index in [1.807, 2.05) is 0 Å². The lowest BCUT2D eigenvalue weighted by Gasteiger charge is -2.23. The van der Waals surface area contributed by atoms with Crippen molar-refractivity contribution in [2.45, 2.75) is 51.6 Å². The molecule has 0 spiro atoms. The number of hydrogen-bond donors (Lipinski definition) is 2. The molecule has 1 rings (SSSR count). The van der Waals surface area contributed by atoms with Crippen molar-refractivity contribution in [3.63, 3.8) is 0 Å². The highest BCUT2D eigenvalue weighted by atomic mass is 16.1. The number of hydrogen-bond acceptors (Lipinski definition) is 3. The van der Waals surface area contributed by atoms with Crippen LogP contribution in [-0.4, -0.2) is 43.0 Å². The minimum atomic E-state index is 0.152. The van der Waals surface area contributed by atoms with Gasteiger partial charge in [-0.05, 0) is 39.7 Å². The van der Waals surface area contributed by atoms with Crippen LogP contribution in [0.5, 0.6) is 0 Å². The van der Waals surface area contributed by atoms with Gasteiger partial charge in [0.25, 0.3) is 0 Å². The standard InChI is InChI=1S/C13H27N3O/c1-4-10(2)16(3)8-7-15-13(17)11-5-6-12(14)9-11/h10-12H,4-9,14H2,1-3H3,(H,15,17). The molecule has 17 heavy (non-hydrogen) atoms. The van der Waals surface area contributed by atoms with Gasteiger partial charge in [-0.2, -0.15) is 0 Å². The molecule has 1 fully saturated rings. The lowest BCUT2D eigenvalue weighted by molar-refractivity contribution is -0.124. The number of nitrogens with two attached hydrogens (primary N) is 1. The predicted molar refractivity (Wildman–Crippen MR) is 70.7 cm³/mol. The first kappa shape index (κ1) is 14.5. The Kier molecular flexibility index (Phi) is 5.92. The van der Waals surface area contributed by atoms with Crippen molar-refractivity contribution in [2.24, 2.45) is 11.7 Å². The Hall–Kier alpha value is -0.610. The number of carbonyl (C=O) groups is 1. The third kappa shape index (κ3) is 4.64. The topological polar surface area (TPSA) is 58.4 Å². The summed E-state index contributed by atoms with van der Waals surface area (Å²) in [4.78, 5) is 14.1. The van der Waals surface area contributed by atoms with Crippen LogP contribution in [0.4, 0.5) is 0 Å². The summed E-state index contributed by atoms with van der Waals surface area (Å²) in [7, 11) is 2.10. The van der Waals surface area contributed by atoms with Gasteiger partial charge in [-0.1, -0.05) is 6.92 Å². The molecule has 100 valence electrons. The highest BCUT2D eigenvalue weighted by Crippen LogP contribution is 2.23. The summed E-state index contributed by atoms with van der Waals surface area (Å²) in [5, 5.41) is 3.02. The van der Waals surface area contributed by atoms with Gasteiger partial charge in [-0.3, -0.25) is 4.79 Å². The number of nitrogens with one attached hydrogen (secondary N) is 1. The first-order valence-corrected chi connectivity index (χ1v) is 6.78. The van der Waals surface area contributed by atoms with E-state index in [0.29, 0.717) is 6.04 Å². The van der Waals surface area contributed by atoms with Crippen LogP contribution in [0.1, 0.15) is 39.5 Å². The van der Waals surface area contributed by atoms with Crippen LogP contribution in [-0.2, 0) is 4.79 Å². The molecule has 1 amide bonds. The molecule has 1 aliphatic carbocycles. The summed E-state index contributed by atoms with van der Waals surface area (Å²) in [6.45, 7) is 6.04. The Labute approximate surface area is 105 Å². The van der Waals surface area contributed by atoms with Crippen molar-refractivity contribution >= 4 is 5.91 Å². The molecule has 0 bridgehead atoms. The second-order valence-corrected chi connectivity index (χ2v) is 5.30. The molecule has 0 aliphatic heterocycles. The van der Waals surface area contributed by atoms with Crippen LogP contribution in [0.25, 0.3) is 0 Å². The molecule has 1 aliphatic rings. The lowest BCUT2D eigenvalue weighted by Crippen LogP contribution is -2.39. The van der Waals surface area contributed by atoms with E-state index >= 15 is 0 Å². The fourth-order valence-electron chi connectivity index (χ4n) is 2.29. The van der Waals surface area contributed by atoms with E-state index in [1.54, 1.807) is 0 Å². The maximum absolute atomic E-state index is 11.8. The van der Waals surface area contributed by atoms with Gasteiger partial charge in [0.2, 0.25) is 5.91 Å². The molecule has 3 N–H and O–H groups in total. The molecular weight excluding hydrogens is 214 g/mol. The molecule has 1 saturated carbocycles. The minimum absolute atomic E-state index is 0.152. The van der Waals surface area contributed by atoms with Crippen LogP contribution >= 0.6 is 0 Å². The first-order chi connectivity index (χ1) is 8.04. The van der Waals surface area contributed by atoms with Gasteiger partial charge in [-0.15, -0.1) is 0 Å². The van der Waals surface area contributed by atoms with E-state index in [-0.39, 0.29) is 17.9 Å². The van der Waals surface area contributed by atoms with Gasteiger partial charge >= 0.3 is 0 Å². The molecule has 0 saturated heterocycles. The van der Waals surface area contributed by atoms with Crippen molar-refractivity contribution < 1.29 is 4.79 Å². The summed E-state index contributed by atoms with van der Waals surface area (Å²) in [5.41, 5.74) is 5.81. The average molecular weight is 241 g/mol. The van der Waals surface area contributed by atoms with E-state index in [2.05, 4.69) is 31.1 Å². The fourth-order valence-corrected chi connectivity index (χ4v) is 2.29. The van der Waals surface area contributed by atoms with Crippen LogP contribution in [0, 0.1) is 5.92 Å². The molecule has 0 aromatic rings. The highest BCUT2D eigenvalue weighted by Gasteiger charge is 2.27. The zero-order valence-corrected chi connectivity index (χ0v) is 11.4. The second-order valence-electron chi connectivity index (χ2n) is 5.30. The Bertz CT molecular complexity index is 245. The smallest absolute Gasteiger partial charge is 0.223 e. The Morgan fingerprint density at radius 1 is 1.53 bits per heavy atom. The summed E-state index contributed by atoms with van der Waals surface area (Å²) in [6.07, 6.45) is 3.94. The van der Waals surface area contributed by atoms with Crippen molar-refractivity contribution in [3.05, 3.63) is 0 Å². The monoisotopic (exact) mass is 241 g/mol. The van der Waals surface area contributed by atoms with E-state index in [4.69, 9.17) is 5.73 Å². The van der Waals surface area contributed by atoms with Gasteiger partial charge in [-0.25, -0.2) is 0 Å². The van der Waals surface area contributed by atoms with E-state index in [0.717, 1.165) is 38.8 Å². The number of rotatable bonds is 6. The molecule has 3 unspecified atom stereocenters. The van der Waals surface area contributed by atoms with Crippen molar-refractivity contribution in [1.29, 1.82) is 0 Å². The van der Waals surface area contributed by atoms with E-state index < -0.39 is 0 Å². The zero-order chi connectivity index (χ0) is 12.8. The zero-order valence-electron chi connectivity index (χ0n) is 11.4. The number of likely N-dealkylation sites (N-methyl/N-ethyl adjacent to an activating group) is 1. The van der Waals surface area contributed by atoms with Crippen LogP contribution in [0.15, 0.2) is 0 Å². The molecule has 0 radical (unpaired) electrons. The Balaban J connectivity index is 2.16. The summed E-state index contributed by atoms with van der Waals surface area (Å²) in [5.74, 6) is 0.342. The lowest BCUT2D eigenvalue weighted by atomic mass is 10.1. The molecule has 4 heteroatoms. The average Bonchev–Trinajstić information content (AvgIpc) is 2.74. The third-order valence-electron chi connectivity index (χ3n) is 3.95. The highest BCUT2D eigenvalue weighted by molar-refractivity contribution is 5.78. The van der Waals surface area contributed by atoms with E-state index in [9.17, 15) is 4.79 Å². The SMILES string of the molecule is CCC(C)N(C)CCNC(=O)C1CCC(N)C1. The predicted octanol–water partition coefficient (Wildman–Crippen LogP) is 0.960. The van der Waals surface area contributed by atoms with Crippen molar-refractivity contribution in [3.8, 4) is 0 Å². The van der Waals surface area contributed by atoms with Crippen LogP contribution in [0.2, 0.25) is 0 Å². The summed E-state index contributed by atoms with van der Waals surface area (Å²) in [6, 6.07) is 0.806. The normalized spacial score (nSPS) is 26.2. The molecule has 0 aromatic heterocycles. The maximum Gasteiger partial charge on any atom is 0.223 e. The van der Waals surface area contributed by atoms with Crippen LogP contribution < -0.4 is 11.1 Å². The van der Waals surface area contributed by atoms with Crippen molar-refractivity contribution in [1.82, 2.24) is 10.2 Å². The molecular formula is C13H27N3O. The Morgan fingerprint density at radius 2 is 2.24 bits per heavy atom. The first-order valence-electron chi connectivity index (χ1n) is 6.78. The van der Waals surface area contributed by atoms with Gasteiger partial charge in [0, 0.05) is 31.1 Å². The fraction of sp³-hybridized carbons (Fsp3) is 0.923. The third-order valence-corrected chi connectivity index (χ3v) is 3.95. The number of carbonyl (C=O) groups excluding carboxylic acids is 1. The number of nitrogens with zero attached hydrogens (tertiary/aromatic N) is 1. The Morgan fingerprint density at radius 3 is 2.76 bits per heavy atom. The summed E-state index contributed by atoms with van der Waals surface area (Å²) < 4.78 is 0. The molecule has 3 atom stereocenters. The largest absolute Gasteiger partial charge is 0.355 e. The van der Waals surface area contributed by atoms with Crippen LogP contribution in [0.3, 0.4) is 0 Å². The van der Waals surface area contributed by atoms with E-state index in [1.165, 1.54) is 0 Å². The second kappa shape index (κ2) is 6.97. The molecule has 0 heterocycles. The van der Waals surface area contributed by atoms with Crippen molar-refractivity contribution in [2.75, 3.05) is 20.1 Å². The minimum Gasteiger partial charge on any atom is -0.355 e. The van der Waals surface area contributed by atoms with Gasteiger partial charge in [0.1, 0.15) is 0 Å². The maximum atomic E-state index is 11.8. The number of amides is 1. The van der Waals surface area contributed by atoms with Gasteiger partial charge in [0.05, 0.1) is 0 Å². The van der Waals surface area contributed by atoms with Gasteiger partial charge < -0.3 is 16.0 Å². The molecule has 0 aromatic carbocycles.